The molecule has 0 aliphatic carbocycles. The Bertz CT molecular complexity index is 603. The van der Waals surface area contributed by atoms with E-state index in [1.165, 1.54) is 12.4 Å². The molecule has 0 spiro atoms. The zero-order valence-electron chi connectivity index (χ0n) is 9.09. The molecule has 0 bridgehead atoms. The second-order valence-electron chi connectivity index (χ2n) is 3.40. The van der Waals surface area contributed by atoms with Crippen LogP contribution in [0.3, 0.4) is 0 Å². The molecule has 1 aromatic carbocycles. The van der Waals surface area contributed by atoms with E-state index in [0.717, 1.165) is 0 Å². The van der Waals surface area contributed by atoms with E-state index in [1.54, 1.807) is 18.2 Å². The Balaban J connectivity index is 2.40. The summed E-state index contributed by atoms with van der Waals surface area (Å²) in [4.78, 5) is 18.7. The SMILES string of the molecule is Nc1c(Cl)ncnc1Nc1ccccc1C(=O)O. The molecular formula is C11H9ClN4O2. The summed E-state index contributed by atoms with van der Waals surface area (Å²) in [6.45, 7) is 0. The summed E-state index contributed by atoms with van der Waals surface area (Å²) in [7, 11) is 0. The lowest BCUT2D eigenvalue weighted by atomic mass is 10.2. The fourth-order valence-electron chi connectivity index (χ4n) is 1.38. The van der Waals surface area contributed by atoms with Crippen molar-refractivity contribution in [2.75, 3.05) is 11.1 Å². The predicted octanol–water partition coefficient (Wildman–Crippen LogP) is 2.15. The molecule has 0 aliphatic heterocycles. The minimum absolute atomic E-state index is 0.111. The molecule has 2 aromatic rings. The van der Waals surface area contributed by atoms with Crippen molar-refractivity contribution in [3.05, 3.63) is 41.3 Å². The number of rotatable bonds is 3. The number of nitrogen functional groups attached to an aromatic ring is 1. The van der Waals surface area contributed by atoms with Gasteiger partial charge >= 0.3 is 5.97 Å². The Hall–Kier alpha value is -2.34. The van der Waals surface area contributed by atoms with Crippen LogP contribution in [0, 0.1) is 0 Å². The largest absolute Gasteiger partial charge is 0.478 e. The van der Waals surface area contributed by atoms with E-state index < -0.39 is 5.97 Å². The van der Waals surface area contributed by atoms with Crippen molar-refractivity contribution in [3.8, 4) is 0 Å². The number of para-hydroxylation sites is 1. The molecule has 1 heterocycles. The Labute approximate surface area is 107 Å². The number of nitrogens with zero attached hydrogens (tertiary/aromatic N) is 2. The highest BCUT2D eigenvalue weighted by Crippen LogP contribution is 2.26. The quantitative estimate of drug-likeness (QED) is 0.734. The molecule has 18 heavy (non-hydrogen) atoms. The van der Waals surface area contributed by atoms with Crippen LogP contribution in [-0.4, -0.2) is 21.0 Å². The Morgan fingerprint density at radius 3 is 2.78 bits per heavy atom. The maximum atomic E-state index is 11.0. The lowest BCUT2D eigenvalue weighted by Crippen LogP contribution is -2.05. The van der Waals surface area contributed by atoms with Gasteiger partial charge < -0.3 is 16.2 Å². The molecule has 0 amide bonds. The number of hydrogen-bond acceptors (Lipinski definition) is 5. The van der Waals surface area contributed by atoms with Crippen LogP contribution in [0.5, 0.6) is 0 Å². The maximum absolute atomic E-state index is 11.0. The molecule has 0 saturated heterocycles. The lowest BCUT2D eigenvalue weighted by molar-refractivity contribution is 0.0698. The third kappa shape index (κ3) is 2.33. The number of hydrogen-bond donors (Lipinski definition) is 3. The van der Waals surface area contributed by atoms with Crippen LogP contribution in [0.2, 0.25) is 5.15 Å². The molecule has 92 valence electrons. The summed E-state index contributed by atoms with van der Waals surface area (Å²) >= 11 is 5.75. The molecule has 6 nitrogen and oxygen atoms in total. The summed E-state index contributed by atoms with van der Waals surface area (Å²) in [6, 6.07) is 6.42. The van der Waals surface area contributed by atoms with E-state index in [2.05, 4.69) is 15.3 Å². The number of nitrogens with two attached hydrogens (primary N) is 1. The Morgan fingerprint density at radius 1 is 1.33 bits per heavy atom. The molecule has 2 rings (SSSR count). The van der Waals surface area contributed by atoms with Gasteiger partial charge in [-0.05, 0) is 12.1 Å². The van der Waals surface area contributed by atoms with Gasteiger partial charge in [-0.3, -0.25) is 0 Å². The van der Waals surface area contributed by atoms with Crippen molar-refractivity contribution in [1.82, 2.24) is 9.97 Å². The first-order valence-corrected chi connectivity index (χ1v) is 5.32. The topological polar surface area (TPSA) is 101 Å². The third-order valence-corrected chi connectivity index (χ3v) is 2.55. The van der Waals surface area contributed by atoms with Gasteiger partial charge in [0.15, 0.2) is 11.0 Å². The number of nitrogens with one attached hydrogen (secondary N) is 1. The normalized spacial score (nSPS) is 10.1. The van der Waals surface area contributed by atoms with Crippen molar-refractivity contribution >= 4 is 34.8 Å². The van der Waals surface area contributed by atoms with Gasteiger partial charge in [0.1, 0.15) is 12.0 Å². The number of benzene rings is 1. The Morgan fingerprint density at radius 2 is 2.06 bits per heavy atom. The number of halogens is 1. The first-order chi connectivity index (χ1) is 8.59. The zero-order chi connectivity index (χ0) is 13.1. The summed E-state index contributed by atoms with van der Waals surface area (Å²) < 4.78 is 0. The van der Waals surface area contributed by atoms with Crippen LogP contribution in [0.15, 0.2) is 30.6 Å². The smallest absolute Gasteiger partial charge is 0.337 e. The molecule has 0 saturated carbocycles. The highest BCUT2D eigenvalue weighted by atomic mass is 35.5. The van der Waals surface area contributed by atoms with Crippen molar-refractivity contribution in [2.24, 2.45) is 0 Å². The molecule has 0 radical (unpaired) electrons. The summed E-state index contributed by atoms with van der Waals surface area (Å²) in [5.74, 6) is -0.777. The van der Waals surface area contributed by atoms with E-state index in [1.807, 2.05) is 0 Å². The predicted molar refractivity (Wildman–Crippen MR) is 68.1 cm³/mol. The molecule has 0 unspecified atom stereocenters. The summed E-state index contributed by atoms with van der Waals surface area (Å²) in [5, 5.41) is 12.0. The van der Waals surface area contributed by atoms with Gasteiger partial charge in [-0.1, -0.05) is 23.7 Å². The molecular weight excluding hydrogens is 256 g/mol. The fourth-order valence-corrected chi connectivity index (χ4v) is 1.51. The molecule has 0 atom stereocenters. The molecule has 1 aromatic heterocycles. The highest BCUT2D eigenvalue weighted by Gasteiger charge is 2.12. The second-order valence-corrected chi connectivity index (χ2v) is 3.76. The summed E-state index contributed by atoms with van der Waals surface area (Å²) in [5.41, 5.74) is 6.35. The number of carboxylic acid groups (broad SMARTS) is 1. The van der Waals surface area contributed by atoms with Gasteiger partial charge in [-0.15, -0.1) is 0 Å². The minimum Gasteiger partial charge on any atom is -0.478 e. The molecule has 0 aliphatic rings. The first-order valence-electron chi connectivity index (χ1n) is 4.95. The average molecular weight is 265 g/mol. The first kappa shape index (κ1) is 12.1. The standard InChI is InChI=1S/C11H9ClN4O2/c12-9-8(13)10(15-5-14-9)16-7-4-2-1-3-6(7)11(17)18/h1-5H,13H2,(H,17,18)(H,14,15,16). The molecule has 7 heteroatoms. The van der Waals surface area contributed by atoms with Crippen molar-refractivity contribution in [3.63, 3.8) is 0 Å². The van der Waals surface area contributed by atoms with Gasteiger partial charge in [0.05, 0.1) is 11.3 Å². The van der Waals surface area contributed by atoms with E-state index >= 15 is 0 Å². The lowest BCUT2D eigenvalue weighted by Gasteiger charge is -2.10. The van der Waals surface area contributed by atoms with Gasteiger partial charge in [-0.25, -0.2) is 14.8 Å². The van der Waals surface area contributed by atoms with Crippen LogP contribution in [0.1, 0.15) is 10.4 Å². The number of carboxylic acids is 1. The van der Waals surface area contributed by atoms with Crippen LogP contribution >= 0.6 is 11.6 Å². The van der Waals surface area contributed by atoms with Gasteiger partial charge in [0.25, 0.3) is 0 Å². The van der Waals surface area contributed by atoms with Crippen molar-refractivity contribution < 1.29 is 9.90 Å². The van der Waals surface area contributed by atoms with Gasteiger partial charge in [-0.2, -0.15) is 0 Å². The zero-order valence-corrected chi connectivity index (χ0v) is 9.85. The number of carbonyl (C=O) groups is 1. The van der Waals surface area contributed by atoms with E-state index in [0.29, 0.717) is 5.69 Å². The fraction of sp³-hybridized carbons (Fsp3) is 0. The van der Waals surface area contributed by atoms with Crippen LogP contribution < -0.4 is 11.1 Å². The van der Waals surface area contributed by atoms with E-state index in [9.17, 15) is 4.79 Å². The number of aromatic carboxylic acids is 1. The van der Waals surface area contributed by atoms with Gasteiger partial charge in [0, 0.05) is 0 Å². The third-order valence-electron chi connectivity index (χ3n) is 2.25. The van der Waals surface area contributed by atoms with E-state index in [-0.39, 0.29) is 22.2 Å². The number of aromatic nitrogens is 2. The van der Waals surface area contributed by atoms with Crippen LogP contribution in [0.25, 0.3) is 0 Å². The van der Waals surface area contributed by atoms with Crippen LogP contribution in [0.4, 0.5) is 17.2 Å². The summed E-state index contributed by atoms with van der Waals surface area (Å²) in [6.07, 6.45) is 1.24. The van der Waals surface area contributed by atoms with E-state index in [4.69, 9.17) is 22.4 Å². The minimum atomic E-state index is -1.04. The van der Waals surface area contributed by atoms with Crippen molar-refractivity contribution in [2.45, 2.75) is 0 Å². The number of anilines is 3. The molecule has 4 N–H and O–H groups in total. The monoisotopic (exact) mass is 264 g/mol. The highest BCUT2D eigenvalue weighted by molar-refractivity contribution is 6.32. The molecule has 0 fully saturated rings. The van der Waals surface area contributed by atoms with Gasteiger partial charge in [0.2, 0.25) is 0 Å². The van der Waals surface area contributed by atoms with Crippen LogP contribution in [-0.2, 0) is 0 Å². The maximum Gasteiger partial charge on any atom is 0.337 e. The van der Waals surface area contributed by atoms with Crippen molar-refractivity contribution in [1.29, 1.82) is 0 Å². The average Bonchev–Trinajstić information content (AvgIpc) is 2.35. The Kier molecular flexibility index (Phi) is 3.29. The second kappa shape index (κ2) is 4.89.